The Morgan fingerprint density at radius 3 is 2.41 bits per heavy atom. The van der Waals surface area contributed by atoms with E-state index in [1.165, 1.54) is 18.4 Å². The van der Waals surface area contributed by atoms with Crippen LogP contribution in [0.25, 0.3) is 0 Å². The number of benzene rings is 2. The number of hydrogen-bond acceptors (Lipinski definition) is 6. The Morgan fingerprint density at radius 2 is 1.76 bits per heavy atom. The second kappa shape index (κ2) is 8.14. The monoisotopic (exact) mass is 428 g/mol. The largest absolute Gasteiger partial charge is 0.461 e. The van der Waals surface area contributed by atoms with Crippen LogP contribution in [0.15, 0.2) is 92.5 Å². The third-order valence-electron chi connectivity index (χ3n) is 4.14. The Morgan fingerprint density at radius 1 is 1.07 bits per heavy atom. The highest BCUT2D eigenvalue weighted by Gasteiger charge is 2.32. The zero-order chi connectivity index (χ0) is 20.3. The quantitative estimate of drug-likeness (QED) is 0.736. The van der Waals surface area contributed by atoms with Crippen molar-refractivity contribution in [3.63, 3.8) is 0 Å². The molecule has 0 aliphatic carbocycles. The minimum Gasteiger partial charge on any atom is -0.461 e. The third-order valence-corrected chi connectivity index (χ3v) is 6.57. The molecule has 7 nitrogen and oxygen atoms in total. The van der Waals surface area contributed by atoms with Crippen LogP contribution in [-0.2, 0) is 30.7 Å². The predicted molar refractivity (Wildman–Crippen MR) is 109 cm³/mol. The molecule has 0 unspecified atom stereocenters. The summed E-state index contributed by atoms with van der Waals surface area (Å²) in [6, 6.07) is 17.4. The van der Waals surface area contributed by atoms with Gasteiger partial charge in [0.2, 0.25) is 6.79 Å². The smallest absolute Gasteiger partial charge is 0.284 e. The van der Waals surface area contributed by atoms with Crippen LogP contribution >= 0.6 is 11.8 Å². The molecular formula is C20H16N2O5S2. The molecule has 9 heteroatoms. The summed E-state index contributed by atoms with van der Waals surface area (Å²) in [6.07, 6.45) is 1.87. The molecule has 2 aliphatic rings. The van der Waals surface area contributed by atoms with E-state index in [0.717, 1.165) is 17.3 Å². The summed E-state index contributed by atoms with van der Waals surface area (Å²) >= 11 is 0.968. The Labute approximate surface area is 172 Å². The van der Waals surface area contributed by atoms with Crippen molar-refractivity contribution in [1.82, 2.24) is 5.32 Å². The van der Waals surface area contributed by atoms with Crippen LogP contribution in [0.5, 0.6) is 0 Å². The Kier molecular flexibility index (Phi) is 5.41. The number of rotatable bonds is 5. The van der Waals surface area contributed by atoms with E-state index < -0.39 is 15.9 Å². The van der Waals surface area contributed by atoms with Crippen molar-refractivity contribution in [3.05, 3.63) is 88.7 Å². The summed E-state index contributed by atoms with van der Waals surface area (Å²) < 4.78 is 39.4. The number of carbonyl (C=O) groups is 1. The van der Waals surface area contributed by atoms with E-state index in [4.69, 9.17) is 9.47 Å². The lowest BCUT2D eigenvalue weighted by atomic mass is 10.0. The molecule has 0 atom stereocenters. The van der Waals surface area contributed by atoms with Crippen molar-refractivity contribution in [2.24, 2.45) is 4.40 Å². The van der Waals surface area contributed by atoms with E-state index in [2.05, 4.69) is 9.71 Å². The van der Waals surface area contributed by atoms with Gasteiger partial charge < -0.3 is 9.47 Å². The van der Waals surface area contributed by atoms with Gasteiger partial charge in [-0.2, -0.15) is 8.42 Å². The summed E-state index contributed by atoms with van der Waals surface area (Å²) in [5, 5.41) is 2.53. The standard InChI is InChI=1S/C20H16N2O5S2/c23-19-18(16(17-12-26-13-27-17)11-14-7-3-1-4-8-14)28-20(21-19)22-29(24,25)15-9-5-2-6-10-15/h1-10,12H,11,13H2,(H,21,22,23). The van der Waals surface area contributed by atoms with Crippen LogP contribution in [0.4, 0.5) is 0 Å². The Hall–Kier alpha value is -3.04. The first-order valence-electron chi connectivity index (χ1n) is 8.64. The fraction of sp³-hybridized carbons (Fsp3) is 0.100. The van der Waals surface area contributed by atoms with Crippen molar-refractivity contribution in [1.29, 1.82) is 0 Å². The Bertz CT molecular complexity index is 1120. The highest BCUT2D eigenvalue weighted by Crippen LogP contribution is 2.34. The van der Waals surface area contributed by atoms with E-state index in [-0.39, 0.29) is 16.9 Å². The van der Waals surface area contributed by atoms with E-state index in [9.17, 15) is 13.2 Å². The molecule has 0 aromatic heterocycles. The molecule has 1 amide bonds. The summed E-state index contributed by atoms with van der Waals surface area (Å²) in [4.78, 5) is 13.0. The number of amides is 1. The molecular weight excluding hydrogens is 412 g/mol. The first-order valence-corrected chi connectivity index (χ1v) is 10.9. The molecule has 2 aromatic rings. The molecule has 2 aromatic carbocycles. The number of carbonyl (C=O) groups excluding carboxylic acids is 1. The highest BCUT2D eigenvalue weighted by molar-refractivity contribution is 8.19. The van der Waals surface area contributed by atoms with Crippen LogP contribution in [0.3, 0.4) is 0 Å². The second-order valence-electron chi connectivity index (χ2n) is 6.12. The third kappa shape index (κ3) is 4.36. The van der Waals surface area contributed by atoms with Crippen LogP contribution in [0.2, 0.25) is 0 Å². The maximum absolute atomic E-state index is 12.6. The van der Waals surface area contributed by atoms with Gasteiger partial charge in [0, 0.05) is 12.0 Å². The lowest BCUT2D eigenvalue weighted by Crippen LogP contribution is -2.21. The predicted octanol–water partition coefficient (Wildman–Crippen LogP) is 2.94. The van der Waals surface area contributed by atoms with Gasteiger partial charge in [0.05, 0.1) is 9.80 Å². The molecule has 2 aliphatic heterocycles. The topological polar surface area (TPSA) is 94.1 Å². The van der Waals surface area contributed by atoms with Crippen molar-refractivity contribution in [3.8, 4) is 0 Å². The maximum atomic E-state index is 12.6. The second-order valence-corrected chi connectivity index (χ2v) is 8.72. The molecule has 1 fully saturated rings. The number of hydrogen-bond donors (Lipinski definition) is 1. The number of ether oxygens (including phenoxy) is 2. The SMILES string of the molecule is O=C1NC(=NS(=O)(=O)c2ccccc2)SC1=C(Cc1ccccc1)C1=COCO1. The van der Waals surface area contributed by atoms with E-state index in [0.29, 0.717) is 22.7 Å². The zero-order valence-electron chi connectivity index (χ0n) is 15.1. The average molecular weight is 428 g/mol. The van der Waals surface area contributed by atoms with Crippen LogP contribution in [0.1, 0.15) is 5.56 Å². The normalized spacial score (nSPS) is 19.4. The maximum Gasteiger partial charge on any atom is 0.284 e. The number of allylic oxidation sites excluding steroid dienone is 1. The highest BCUT2D eigenvalue weighted by atomic mass is 32.2. The molecule has 0 radical (unpaired) electrons. The number of thioether (sulfide) groups is 1. The fourth-order valence-electron chi connectivity index (χ4n) is 2.80. The van der Waals surface area contributed by atoms with Gasteiger partial charge in [0.15, 0.2) is 10.9 Å². The van der Waals surface area contributed by atoms with Gasteiger partial charge in [-0.25, -0.2) is 0 Å². The molecule has 2 heterocycles. The minimum atomic E-state index is -3.93. The van der Waals surface area contributed by atoms with Crippen LogP contribution in [0, 0.1) is 0 Å². The summed E-state index contributed by atoms with van der Waals surface area (Å²) in [6.45, 7) is 0.0660. The molecule has 29 heavy (non-hydrogen) atoms. The summed E-state index contributed by atoms with van der Waals surface area (Å²) in [7, 11) is -3.93. The molecule has 148 valence electrons. The van der Waals surface area contributed by atoms with Crippen LogP contribution in [-0.4, -0.2) is 26.3 Å². The van der Waals surface area contributed by atoms with Crippen molar-refractivity contribution in [2.45, 2.75) is 11.3 Å². The van der Waals surface area contributed by atoms with Gasteiger partial charge in [-0.3, -0.25) is 10.1 Å². The van der Waals surface area contributed by atoms with Crippen molar-refractivity contribution >= 4 is 32.9 Å². The first-order chi connectivity index (χ1) is 14.0. The van der Waals surface area contributed by atoms with E-state index in [1.807, 2.05) is 30.3 Å². The molecule has 1 N–H and O–H groups in total. The van der Waals surface area contributed by atoms with E-state index in [1.54, 1.807) is 18.2 Å². The molecule has 0 bridgehead atoms. The van der Waals surface area contributed by atoms with Gasteiger partial charge >= 0.3 is 0 Å². The fourth-order valence-corrected chi connectivity index (χ4v) is 4.89. The number of nitrogens with one attached hydrogen (secondary N) is 1. The van der Waals surface area contributed by atoms with Gasteiger partial charge in [-0.05, 0) is 29.5 Å². The van der Waals surface area contributed by atoms with Gasteiger partial charge in [-0.1, -0.05) is 48.5 Å². The average Bonchev–Trinajstić information content (AvgIpc) is 3.37. The summed E-state index contributed by atoms with van der Waals surface area (Å²) in [5.74, 6) is 0.0120. The molecule has 0 spiro atoms. The molecule has 0 saturated carbocycles. The minimum absolute atomic E-state index is 0.000991. The van der Waals surface area contributed by atoms with Gasteiger partial charge in [0.25, 0.3) is 15.9 Å². The van der Waals surface area contributed by atoms with Crippen molar-refractivity contribution in [2.75, 3.05) is 6.79 Å². The van der Waals surface area contributed by atoms with E-state index >= 15 is 0 Å². The lowest BCUT2D eigenvalue weighted by Gasteiger charge is -2.09. The zero-order valence-corrected chi connectivity index (χ0v) is 16.7. The Balaban J connectivity index is 1.69. The van der Waals surface area contributed by atoms with Crippen molar-refractivity contribution < 1.29 is 22.7 Å². The summed E-state index contributed by atoms with van der Waals surface area (Å²) in [5.41, 5.74) is 1.58. The lowest BCUT2D eigenvalue weighted by molar-refractivity contribution is -0.115. The number of nitrogens with zero attached hydrogens (tertiary/aromatic N) is 1. The first kappa shape index (κ1) is 19.3. The molecule has 4 rings (SSSR count). The number of sulfonamides is 1. The van der Waals surface area contributed by atoms with Gasteiger partial charge in [-0.15, -0.1) is 4.40 Å². The van der Waals surface area contributed by atoms with Gasteiger partial charge in [0.1, 0.15) is 6.26 Å². The molecule has 1 saturated heterocycles. The number of amidine groups is 1. The van der Waals surface area contributed by atoms with Crippen LogP contribution < -0.4 is 5.32 Å².